The zero-order chi connectivity index (χ0) is 14.1. The van der Waals surface area contributed by atoms with Crippen LogP contribution in [0.3, 0.4) is 0 Å². The minimum atomic E-state index is -3.31. The van der Waals surface area contributed by atoms with Crippen LogP contribution in [-0.4, -0.2) is 34.0 Å². The van der Waals surface area contributed by atoms with Gasteiger partial charge in [-0.1, -0.05) is 6.42 Å². The highest BCUT2D eigenvalue weighted by Gasteiger charge is 2.15. The van der Waals surface area contributed by atoms with Crippen LogP contribution < -0.4 is 10.0 Å². The predicted octanol–water partition coefficient (Wildman–Crippen LogP) is 2.28. The summed E-state index contributed by atoms with van der Waals surface area (Å²) in [4.78, 5) is 0. The normalized spacial score (nSPS) is 11.9. The number of thioether (sulfide) groups is 1. The summed E-state index contributed by atoms with van der Waals surface area (Å²) in [5, 5.41) is 4.89. The smallest absolute Gasteiger partial charge is 0.250 e. The molecule has 0 radical (unpaired) electrons. The van der Waals surface area contributed by atoms with Gasteiger partial charge in [0.15, 0.2) is 0 Å². The number of nitrogens with one attached hydrogen (secondary N) is 2. The number of sulfonamides is 1. The summed E-state index contributed by atoms with van der Waals surface area (Å²) in [6.45, 7) is 1.22. The highest BCUT2D eigenvalue weighted by Crippen LogP contribution is 2.20. The first-order valence-corrected chi connectivity index (χ1v) is 10.1. The average molecular weight is 323 g/mol. The van der Waals surface area contributed by atoms with Crippen molar-refractivity contribution in [2.45, 2.75) is 30.0 Å². The predicted molar refractivity (Wildman–Crippen MR) is 84.5 cm³/mol. The van der Waals surface area contributed by atoms with Gasteiger partial charge in [-0.2, -0.15) is 11.8 Å². The van der Waals surface area contributed by atoms with Crippen LogP contribution in [-0.2, 0) is 16.6 Å². The van der Waals surface area contributed by atoms with Gasteiger partial charge in [-0.3, -0.25) is 0 Å². The molecule has 1 aromatic heterocycles. The molecule has 0 aliphatic heterocycles. The second-order valence-electron chi connectivity index (χ2n) is 4.26. The van der Waals surface area contributed by atoms with E-state index >= 15 is 0 Å². The molecule has 0 saturated heterocycles. The maximum atomic E-state index is 12.0. The standard InChI is InChI=1S/C12H22N2O2S3/c1-13-9-11-8-12(18-10-11)19(15,16)14-6-4-3-5-7-17-2/h8,10,13-14H,3-7,9H2,1-2H3. The lowest BCUT2D eigenvalue weighted by atomic mass is 10.2. The molecule has 0 spiro atoms. The highest BCUT2D eigenvalue weighted by atomic mass is 32.2. The van der Waals surface area contributed by atoms with Crippen LogP contribution in [0.4, 0.5) is 0 Å². The molecule has 7 heteroatoms. The summed E-state index contributed by atoms with van der Waals surface area (Å²) in [5.74, 6) is 1.14. The number of thiophene rings is 1. The molecular weight excluding hydrogens is 300 g/mol. The molecule has 110 valence electrons. The maximum Gasteiger partial charge on any atom is 0.250 e. The van der Waals surface area contributed by atoms with Crippen molar-refractivity contribution < 1.29 is 8.42 Å². The van der Waals surface area contributed by atoms with Crippen LogP contribution in [0.1, 0.15) is 24.8 Å². The molecule has 1 rings (SSSR count). The second-order valence-corrected chi connectivity index (χ2v) is 8.15. The van der Waals surface area contributed by atoms with Crippen molar-refractivity contribution in [2.24, 2.45) is 0 Å². The van der Waals surface area contributed by atoms with Gasteiger partial charge >= 0.3 is 0 Å². The number of hydrogen-bond donors (Lipinski definition) is 2. The van der Waals surface area contributed by atoms with Crippen LogP contribution in [0.25, 0.3) is 0 Å². The van der Waals surface area contributed by atoms with E-state index in [4.69, 9.17) is 0 Å². The molecule has 2 N–H and O–H groups in total. The molecule has 0 bridgehead atoms. The van der Waals surface area contributed by atoms with Gasteiger partial charge in [-0.15, -0.1) is 11.3 Å². The summed E-state index contributed by atoms with van der Waals surface area (Å²) in [6, 6.07) is 1.73. The summed E-state index contributed by atoms with van der Waals surface area (Å²) < 4.78 is 27.1. The molecule has 0 unspecified atom stereocenters. The summed E-state index contributed by atoms with van der Waals surface area (Å²) in [6.07, 6.45) is 5.20. The summed E-state index contributed by atoms with van der Waals surface area (Å²) in [5.41, 5.74) is 1.01. The fourth-order valence-corrected chi connectivity index (χ4v) is 4.44. The third-order valence-electron chi connectivity index (χ3n) is 2.59. The third kappa shape index (κ3) is 6.27. The first kappa shape index (κ1) is 17.0. The Morgan fingerprint density at radius 3 is 2.79 bits per heavy atom. The van der Waals surface area contributed by atoms with Crippen molar-refractivity contribution >= 4 is 33.1 Å². The zero-order valence-electron chi connectivity index (χ0n) is 11.4. The Hall–Kier alpha value is -0.0800. The van der Waals surface area contributed by atoms with E-state index in [9.17, 15) is 8.42 Å². The monoisotopic (exact) mass is 322 g/mol. The van der Waals surface area contributed by atoms with Gasteiger partial charge in [-0.25, -0.2) is 13.1 Å². The van der Waals surface area contributed by atoms with Crippen LogP contribution in [0.5, 0.6) is 0 Å². The van der Waals surface area contributed by atoms with Crippen molar-refractivity contribution in [1.29, 1.82) is 0 Å². The van der Waals surface area contributed by atoms with E-state index < -0.39 is 10.0 Å². The minimum absolute atomic E-state index is 0.405. The molecule has 0 aromatic carbocycles. The van der Waals surface area contributed by atoms with Crippen LogP contribution in [0.15, 0.2) is 15.7 Å². The van der Waals surface area contributed by atoms with Gasteiger partial charge in [0.1, 0.15) is 4.21 Å². The largest absolute Gasteiger partial charge is 0.316 e. The third-order valence-corrected chi connectivity index (χ3v) is 6.24. The molecule has 0 amide bonds. The molecule has 0 aliphatic carbocycles. The van der Waals surface area contributed by atoms with E-state index in [1.165, 1.54) is 11.3 Å². The van der Waals surface area contributed by atoms with Crippen LogP contribution in [0.2, 0.25) is 0 Å². The molecule has 0 fully saturated rings. The van der Waals surface area contributed by atoms with Crippen molar-refractivity contribution in [2.75, 3.05) is 25.6 Å². The first-order chi connectivity index (χ1) is 9.10. The Bertz CT molecular complexity index is 457. The topological polar surface area (TPSA) is 58.2 Å². The molecule has 1 aromatic rings. The Kier molecular flexibility index (Phi) is 8.01. The van der Waals surface area contributed by atoms with Crippen molar-refractivity contribution in [3.63, 3.8) is 0 Å². The quantitative estimate of drug-likeness (QED) is 0.649. The highest BCUT2D eigenvalue weighted by molar-refractivity contribution is 7.98. The molecule has 19 heavy (non-hydrogen) atoms. The van der Waals surface area contributed by atoms with Gasteiger partial charge in [0.25, 0.3) is 0 Å². The Morgan fingerprint density at radius 1 is 1.32 bits per heavy atom. The number of unbranched alkanes of at least 4 members (excludes halogenated alkanes) is 2. The lowest BCUT2D eigenvalue weighted by Gasteiger charge is -2.04. The van der Waals surface area contributed by atoms with E-state index in [2.05, 4.69) is 16.3 Å². The van der Waals surface area contributed by atoms with E-state index in [0.717, 1.165) is 30.6 Å². The Morgan fingerprint density at radius 2 is 2.11 bits per heavy atom. The maximum absolute atomic E-state index is 12.0. The molecule has 0 aliphatic rings. The van der Waals surface area contributed by atoms with Crippen molar-refractivity contribution in [1.82, 2.24) is 10.0 Å². The number of rotatable bonds is 10. The fraction of sp³-hybridized carbons (Fsp3) is 0.667. The van der Waals surface area contributed by atoms with Gasteiger partial charge in [0.05, 0.1) is 0 Å². The zero-order valence-corrected chi connectivity index (χ0v) is 13.9. The lowest BCUT2D eigenvalue weighted by molar-refractivity contribution is 0.578. The van der Waals surface area contributed by atoms with E-state index in [1.54, 1.807) is 6.07 Å². The molecule has 0 atom stereocenters. The Labute approximate surface area is 124 Å². The molecular formula is C12H22N2O2S3. The minimum Gasteiger partial charge on any atom is -0.316 e. The summed E-state index contributed by atoms with van der Waals surface area (Å²) >= 11 is 3.10. The van der Waals surface area contributed by atoms with E-state index in [0.29, 0.717) is 17.3 Å². The van der Waals surface area contributed by atoms with E-state index in [-0.39, 0.29) is 0 Å². The average Bonchev–Trinajstić information content (AvgIpc) is 2.83. The van der Waals surface area contributed by atoms with Gasteiger partial charge in [0, 0.05) is 13.1 Å². The summed E-state index contributed by atoms with van der Waals surface area (Å²) in [7, 11) is -1.47. The Balaban J connectivity index is 2.38. The van der Waals surface area contributed by atoms with Gasteiger partial charge in [0.2, 0.25) is 10.0 Å². The van der Waals surface area contributed by atoms with Gasteiger partial charge in [-0.05, 0) is 48.9 Å². The second kappa shape index (κ2) is 8.97. The molecule has 0 saturated carbocycles. The molecule has 1 heterocycles. The lowest BCUT2D eigenvalue weighted by Crippen LogP contribution is -2.24. The van der Waals surface area contributed by atoms with Gasteiger partial charge < -0.3 is 5.32 Å². The first-order valence-electron chi connectivity index (χ1n) is 6.31. The molecule has 4 nitrogen and oxygen atoms in total. The van der Waals surface area contributed by atoms with Crippen molar-refractivity contribution in [3.05, 3.63) is 17.0 Å². The van der Waals surface area contributed by atoms with E-state index in [1.807, 2.05) is 24.2 Å². The fourth-order valence-electron chi connectivity index (χ4n) is 1.62. The SMILES string of the molecule is CNCc1csc(S(=O)(=O)NCCCCCSC)c1. The number of hydrogen-bond acceptors (Lipinski definition) is 5. The van der Waals surface area contributed by atoms with Crippen LogP contribution >= 0.6 is 23.1 Å². The van der Waals surface area contributed by atoms with Crippen LogP contribution in [0, 0.1) is 0 Å². The van der Waals surface area contributed by atoms with Crippen molar-refractivity contribution in [3.8, 4) is 0 Å².